The second-order valence-corrected chi connectivity index (χ2v) is 1.68. The van der Waals surface area contributed by atoms with Gasteiger partial charge < -0.3 is 15.3 Å². The Morgan fingerprint density at radius 2 is 1.80 bits per heavy atom. The summed E-state index contributed by atoms with van der Waals surface area (Å²) in [7, 11) is 0. The van der Waals surface area contributed by atoms with E-state index in [4.69, 9.17) is 15.3 Å². The van der Waals surface area contributed by atoms with Gasteiger partial charge in [-0.1, -0.05) is 0 Å². The minimum absolute atomic E-state index is 0.668. The molecule has 0 saturated heterocycles. The van der Waals surface area contributed by atoms with Gasteiger partial charge in [0.2, 0.25) is 5.75 Å². The van der Waals surface area contributed by atoms with Crippen molar-refractivity contribution in [2.75, 3.05) is 0 Å². The molecule has 53 valence electrons. The summed E-state index contributed by atoms with van der Waals surface area (Å²) in [5, 5.41) is 25.8. The quantitative estimate of drug-likeness (QED) is 0.469. The number of hydrogen-bond acceptors (Lipinski definition) is 3. The highest BCUT2D eigenvalue weighted by molar-refractivity contribution is 5.48. The summed E-state index contributed by atoms with van der Waals surface area (Å²) in [5.74, 6) is -3.54. The van der Waals surface area contributed by atoms with E-state index in [1.165, 1.54) is 0 Å². The lowest BCUT2D eigenvalue weighted by atomic mass is 10.3. The second kappa shape index (κ2) is 2.06. The first-order valence-corrected chi connectivity index (χ1v) is 2.44. The Balaban J connectivity index is 3.34. The monoisotopic (exact) mass is 143 g/mol. The molecule has 0 amide bonds. The third-order valence-electron chi connectivity index (χ3n) is 1.01. The van der Waals surface area contributed by atoms with Gasteiger partial charge >= 0.3 is 0 Å². The topological polar surface area (TPSA) is 60.7 Å². The van der Waals surface area contributed by atoms with E-state index in [2.05, 4.69) is 0 Å². The number of halogens is 1. The van der Waals surface area contributed by atoms with Gasteiger partial charge in [0.25, 0.3) is 0 Å². The van der Waals surface area contributed by atoms with E-state index >= 15 is 0 Å². The van der Waals surface area contributed by atoms with Gasteiger partial charge in [0.15, 0.2) is 17.3 Å². The minimum Gasteiger partial charge on any atom is -0.504 e. The molecule has 0 unspecified atom stereocenters. The third kappa shape index (κ3) is 0.834. The van der Waals surface area contributed by atoms with Crippen molar-refractivity contribution in [3.63, 3.8) is 0 Å². The van der Waals surface area contributed by atoms with Gasteiger partial charge in [-0.2, -0.15) is 0 Å². The van der Waals surface area contributed by atoms with Crippen molar-refractivity contribution in [1.29, 1.82) is 0 Å². The largest absolute Gasteiger partial charge is 0.504 e. The number of aromatic hydroxyl groups is 3. The van der Waals surface area contributed by atoms with Gasteiger partial charge in [-0.25, -0.2) is 4.39 Å². The molecule has 4 heteroatoms. The van der Waals surface area contributed by atoms with Crippen LogP contribution in [0.15, 0.2) is 6.07 Å². The van der Waals surface area contributed by atoms with Crippen molar-refractivity contribution in [2.45, 2.75) is 0 Å². The molecule has 0 saturated carbocycles. The SMILES string of the molecule is Oc1[c]cc(F)c(O)c1O. The van der Waals surface area contributed by atoms with Gasteiger partial charge in [-0.05, 0) is 6.07 Å². The van der Waals surface area contributed by atoms with Crippen molar-refractivity contribution in [2.24, 2.45) is 0 Å². The lowest BCUT2D eigenvalue weighted by Gasteiger charge is -1.98. The van der Waals surface area contributed by atoms with Crippen LogP contribution in [0.2, 0.25) is 0 Å². The van der Waals surface area contributed by atoms with E-state index in [9.17, 15) is 4.39 Å². The van der Waals surface area contributed by atoms with E-state index in [0.717, 1.165) is 6.07 Å². The smallest absolute Gasteiger partial charge is 0.204 e. The molecule has 0 spiro atoms. The second-order valence-electron chi connectivity index (χ2n) is 1.68. The lowest BCUT2D eigenvalue weighted by molar-refractivity contribution is 0.351. The number of phenolic OH excluding ortho intramolecular Hbond substituents is 3. The molecule has 1 rings (SSSR count). The molecule has 1 aromatic carbocycles. The lowest BCUT2D eigenvalue weighted by Crippen LogP contribution is -1.76. The maximum Gasteiger partial charge on any atom is 0.204 e. The Hall–Kier alpha value is -1.45. The molecule has 0 aliphatic carbocycles. The van der Waals surface area contributed by atoms with Crippen LogP contribution in [0.4, 0.5) is 4.39 Å². The molecule has 0 bridgehead atoms. The molecule has 0 aliphatic heterocycles. The molecule has 10 heavy (non-hydrogen) atoms. The van der Waals surface area contributed by atoms with Crippen LogP contribution in [-0.2, 0) is 0 Å². The van der Waals surface area contributed by atoms with E-state index in [1.807, 2.05) is 6.07 Å². The van der Waals surface area contributed by atoms with E-state index in [0.29, 0.717) is 0 Å². The first kappa shape index (κ1) is 6.67. The first-order chi connectivity index (χ1) is 4.63. The van der Waals surface area contributed by atoms with Crippen molar-refractivity contribution in [3.05, 3.63) is 17.9 Å². The Kier molecular flexibility index (Phi) is 1.37. The summed E-state index contributed by atoms with van der Waals surface area (Å²) in [6.07, 6.45) is 0. The van der Waals surface area contributed by atoms with Gasteiger partial charge in [0.1, 0.15) is 0 Å². The summed E-state index contributed by atoms with van der Waals surface area (Å²) >= 11 is 0. The summed E-state index contributed by atoms with van der Waals surface area (Å²) in [4.78, 5) is 0. The molecule has 1 aromatic rings. The van der Waals surface area contributed by atoms with Crippen LogP contribution in [0.3, 0.4) is 0 Å². The standard InChI is InChI=1S/C6H4FO3/c7-3-1-2-4(8)6(10)5(3)9/h1,8-10H. The predicted molar refractivity (Wildman–Crippen MR) is 30.2 cm³/mol. The van der Waals surface area contributed by atoms with Crippen LogP contribution in [0.1, 0.15) is 0 Å². The highest BCUT2D eigenvalue weighted by atomic mass is 19.1. The van der Waals surface area contributed by atoms with Crippen LogP contribution < -0.4 is 0 Å². The summed E-state index contributed by atoms with van der Waals surface area (Å²) < 4.78 is 12.2. The normalized spacial score (nSPS) is 9.70. The molecule has 3 N–H and O–H groups in total. The fraction of sp³-hybridized carbons (Fsp3) is 0. The van der Waals surface area contributed by atoms with Gasteiger partial charge in [-0.15, -0.1) is 0 Å². The first-order valence-electron chi connectivity index (χ1n) is 2.44. The Morgan fingerprint density at radius 3 is 2.30 bits per heavy atom. The van der Waals surface area contributed by atoms with Crippen LogP contribution in [0.25, 0.3) is 0 Å². The van der Waals surface area contributed by atoms with E-state index in [1.54, 1.807) is 0 Å². The molecule has 0 fully saturated rings. The third-order valence-corrected chi connectivity index (χ3v) is 1.01. The highest BCUT2D eigenvalue weighted by Gasteiger charge is 2.09. The zero-order chi connectivity index (χ0) is 7.72. The summed E-state index contributed by atoms with van der Waals surface area (Å²) in [6, 6.07) is 2.71. The zero-order valence-corrected chi connectivity index (χ0v) is 4.80. The summed E-state index contributed by atoms with van der Waals surface area (Å²) in [6.45, 7) is 0. The number of hydrogen-bond donors (Lipinski definition) is 3. The molecule has 0 aliphatic rings. The Labute approximate surface area is 56.0 Å². The van der Waals surface area contributed by atoms with Crippen LogP contribution in [0.5, 0.6) is 17.2 Å². The molecule has 1 radical (unpaired) electrons. The zero-order valence-electron chi connectivity index (χ0n) is 4.80. The summed E-state index contributed by atoms with van der Waals surface area (Å²) in [5.41, 5.74) is 0. The van der Waals surface area contributed by atoms with Crippen molar-refractivity contribution in [1.82, 2.24) is 0 Å². The van der Waals surface area contributed by atoms with Crippen LogP contribution >= 0.6 is 0 Å². The minimum atomic E-state index is -1.02. The van der Waals surface area contributed by atoms with Crippen molar-refractivity contribution in [3.8, 4) is 17.2 Å². The molecule has 0 heterocycles. The van der Waals surface area contributed by atoms with E-state index in [-0.39, 0.29) is 0 Å². The number of phenols is 3. The van der Waals surface area contributed by atoms with Crippen molar-refractivity contribution >= 4 is 0 Å². The molecular weight excluding hydrogens is 139 g/mol. The van der Waals surface area contributed by atoms with Crippen LogP contribution in [-0.4, -0.2) is 15.3 Å². The van der Waals surface area contributed by atoms with Gasteiger partial charge in [0.05, 0.1) is 0 Å². The van der Waals surface area contributed by atoms with E-state index < -0.39 is 23.1 Å². The Bertz CT molecular complexity index is 232. The molecular formula is C6H4FO3. The van der Waals surface area contributed by atoms with Crippen LogP contribution in [0, 0.1) is 11.9 Å². The number of rotatable bonds is 0. The highest BCUT2D eigenvalue weighted by Crippen LogP contribution is 2.35. The average molecular weight is 143 g/mol. The Morgan fingerprint density at radius 1 is 1.20 bits per heavy atom. The predicted octanol–water partition coefficient (Wildman–Crippen LogP) is 0.743. The van der Waals surface area contributed by atoms with Crippen molar-refractivity contribution < 1.29 is 19.7 Å². The maximum absolute atomic E-state index is 12.2. The fourth-order valence-electron chi connectivity index (χ4n) is 0.494. The molecule has 0 atom stereocenters. The van der Waals surface area contributed by atoms with Gasteiger partial charge in [0, 0.05) is 6.07 Å². The average Bonchev–Trinajstić information content (AvgIpc) is 1.93. The molecule has 3 nitrogen and oxygen atoms in total. The van der Waals surface area contributed by atoms with Gasteiger partial charge in [-0.3, -0.25) is 0 Å². The fourth-order valence-corrected chi connectivity index (χ4v) is 0.494. The molecule has 0 aromatic heterocycles. The number of benzene rings is 1. The maximum atomic E-state index is 12.2.